The lowest BCUT2D eigenvalue weighted by Crippen LogP contribution is -2.15. The first-order valence-electron chi connectivity index (χ1n) is 6.03. The van der Waals surface area contributed by atoms with Crippen molar-refractivity contribution >= 4 is 5.97 Å². The minimum absolute atomic E-state index is 0.00467. The number of benzene rings is 1. The minimum atomic E-state index is -1.06. The summed E-state index contributed by atoms with van der Waals surface area (Å²) in [5, 5.41) is 16.7. The first kappa shape index (κ1) is 13.2. The number of aryl methyl sites for hydroxylation is 1. The van der Waals surface area contributed by atoms with E-state index in [1.807, 2.05) is 31.2 Å². The second-order valence-corrected chi connectivity index (χ2v) is 4.37. The van der Waals surface area contributed by atoms with E-state index in [4.69, 9.17) is 10.8 Å². The van der Waals surface area contributed by atoms with E-state index in [2.05, 4.69) is 10.3 Å². The topological polar surface area (TPSA) is 94.0 Å². The van der Waals surface area contributed by atoms with Gasteiger partial charge in [-0.15, -0.1) is 5.10 Å². The van der Waals surface area contributed by atoms with Gasteiger partial charge in [0, 0.05) is 13.0 Å². The summed E-state index contributed by atoms with van der Waals surface area (Å²) in [6.07, 6.45) is 0.482. The molecule has 0 bridgehead atoms. The highest BCUT2D eigenvalue weighted by Crippen LogP contribution is 2.14. The van der Waals surface area contributed by atoms with E-state index in [0.29, 0.717) is 25.2 Å². The predicted molar refractivity (Wildman–Crippen MR) is 70.0 cm³/mol. The van der Waals surface area contributed by atoms with Gasteiger partial charge in [0.1, 0.15) is 0 Å². The summed E-state index contributed by atoms with van der Waals surface area (Å²) in [5.41, 5.74) is 8.24. The van der Waals surface area contributed by atoms with Crippen LogP contribution in [-0.4, -0.2) is 32.6 Å². The van der Waals surface area contributed by atoms with Crippen molar-refractivity contribution in [1.29, 1.82) is 0 Å². The predicted octanol–water partition coefficient (Wildman–Crippen LogP) is 0.834. The lowest BCUT2D eigenvalue weighted by atomic mass is 10.1. The fraction of sp³-hybridized carbons (Fsp3) is 0.308. The first-order valence-corrected chi connectivity index (χ1v) is 6.03. The third kappa shape index (κ3) is 2.97. The molecule has 6 heteroatoms. The standard InChI is InChI=1S/C13H16N4O2/c1-9-3-2-4-10(7-9)8-11-12(13(18)19)15-16-17(11)6-5-14/h2-4,7H,5-6,8,14H2,1H3,(H,18,19). The molecule has 6 nitrogen and oxygen atoms in total. The van der Waals surface area contributed by atoms with Crippen LogP contribution in [0.2, 0.25) is 0 Å². The van der Waals surface area contributed by atoms with Gasteiger partial charge in [-0.3, -0.25) is 0 Å². The smallest absolute Gasteiger partial charge is 0.358 e. The van der Waals surface area contributed by atoms with Crippen molar-refractivity contribution in [2.75, 3.05) is 6.54 Å². The Bertz CT molecular complexity index is 592. The van der Waals surface area contributed by atoms with Crippen LogP contribution in [0.4, 0.5) is 0 Å². The van der Waals surface area contributed by atoms with Gasteiger partial charge in [0.15, 0.2) is 5.69 Å². The summed E-state index contributed by atoms with van der Waals surface area (Å²) >= 11 is 0. The van der Waals surface area contributed by atoms with Gasteiger partial charge in [-0.05, 0) is 12.5 Å². The van der Waals surface area contributed by atoms with Gasteiger partial charge >= 0.3 is 5.97 Å². The highest BCUT2D eigenvalue weighted by Gasteiger charge is 2.18. The molecule has 0 aliphatic carbocycles. The summed E-state index contributed by atoms with van der Waals surface area (Å²) in [4.78, 5) is 11.1. The largest absolute Gasteiger partial charge is 0.476 e. The third-order valence-corrected chi connectivity index (χ3v) is 2.84. The van der Waals surface area contributed by atoms with E-state index in [9.17, 15) is 4.79 Å². The molecule has 0 fully saturated rings. The molecule has 1 aromatic carbocycles. The van der Waals surface area contributed by atoms with Gasteiger partial charge in [0.2, 0.25) is 0 Å². The fourth-order valence-electron chi connectivity index (χ4n) is 1.99. The number of nitrogens with two attached hydrogens (primary N) is 1. The van der Waals surface area contributed by atoms with Gasteiger partial charge in [-0.2, -0.15) is 0 Å². The normalized spacial score (nSPS) is 10.6. The van der Waals surface area contributed by atoms with Crippen LogP contribution in [0, 0.1) is 6.92 Å². The monoisotopic (exact) mass is 260 g/mol. The minimum Gasteiger partial charge on any atom is -0.476 e. The van der Waals surface area contributed by atoms with E-state index < -0.39 is 5.97 Å². The SMILES string of the molecule is Cc1cccc(Cc2c(C(=O)O)nnn2CCN)c1. The maximum absolute atomic E-state index is 11.1. The van der Waals surface area contributed by atoms with Crippen molar-refractivity contribution in [1.82, 2.24) is 15.0 Å². The van der Waals surface area contributed by atoms with E-state index in [-0.39, 0.29) is 5.69 Å². The number of aromatic carboxylic acids is 1. The second-order valence-electron chi connectivity index (χ2n) is 4.37. The Kier molecular flexibility index (Phi) is 3.91. The molecule has 1 heterocycles. The van der Waals surface area contributed by atoms with Gasteiger partial charge in [-0.1, -0.05) is 35.0 Å². The average Bonchev–Trinajstić information content (AvgIpc) is 2.73. The third-order valence-electron chi connectivity index (χ3n) is 2.84. The van der Waals surface area contributed by atoms with Gasteiger partial charge in [-0.25, -0.2) is 9.48 Å². The van der Waals surface area contributed by atoms with Crippen LogP contribution in [0.5, 0.6) is 0 Å². The molecule has 19 heavy (non-hydrogen) atoms. The van der Waals surface area contributed by atoms with Crippen LogP contribution in [0.3, 0.4) is 0 Å². The molecule has 0 amide bonds. The summed E-state index contributed by atoms with van der Waals surface area (Å²) in [7, 11) is 0. The molecule has 3 N–H and O–H groups in total. The zero-order valence-electron chi connectivity index (χ0n) is 10.7. The maximum Gasteiger partial charge on any atom is 0.358 e. The van der Waals surface area contributed by atoms with Crippen molar-refractivity contribution < 1.29 is 9.90 Å². The molecule has 0 radical (unpaired) electrons. The molecule has 0 atom stereocenters. The molecule has 100 valence electrons. The van der Waals surface area contributed by atoms with Crippen molar-refractivity contribution in [3.63, 3.8) is 0 Å². The summed E-state index contributed by atoms with van der Waals surface area (Å²) in [6.45, 7) is 2.85. The molecule has 0 spiro atoms. The van der Waals surface area contributed by atoms with E-state index in [1.165, 1.54) is 0 Å². The van der Waals surface area contributed by atoms with Gasteiger partial charge in [0.05, 0.1) is 12.2 Å². The summed E-state index contributed by atoms with van der Waals surface area (Å²) in [6, 6.07) is 7.92. The molecule has 2 rings (SSSR count). The molecular weight excluding hydrogens is 244 g/mol. The van der Waals surface area contributed by atoms with Crippen molar-refractivity contribution in [2.45, 2.75) is 19.9 Å². The maximum atomic E-state index is 11.1. The van der Waals surface area contributed by atoms with Crippen LogP contribution in [-0.2, 0) is 13.0 Å². The number of hydrogen-bond acceptors (Lipinski definition) is 4. The number of rotatable bonds is 5. The Balaban J connectivity index is 2.36. The lowest BCUT2D eigenvalue weighted by molar-refractivity contribution is 0.0689. The van der Waals surface area contributed by atoms with E-state index in [0.717, 1.165) is 11.1 Å². The molecule has 0 aliphatic heterocycles. The van der Waals surface area contributed by atoms with Crippen molar-refractivity contribution in [2.24, 2.45) is 5.73 Å². The summed E-state index contributed by atoms with van der Waals surface area (Å²) < 4.78 is 1.56. The number of carboxylic acids is 1. The van der Waals surface area contributed by atoms with Crippen molar-refractivity contribution in [3.05, 3.63) is 46.8 Å². The zero-order chi connectivity index (χ0) is 13.8. The van der Waals surface area contributed by atoms with Crippen LogP contribution < -0.4 is 5.73 Å². The van der Waals surface area contributed by atoms with Gasteiger partial charge in [0.25, 0.3) is 0 Å². The van der Waals surface area contributed by atoms with Crippen molar-refractivity contribution in [3.8, 4) is 0 Å². The Hall–Kier alpha value is -2.21. The highest BCUT2D eigenvalue weighted by atomic mass is 16.4. The fourth-order valence-corrected chi connectivity index (χ4v) is 1.99. The molecule has 0 saturated heterocycles. The Morgan fingerprint density at radius 1 is 1.47 bits per heavy atom. The van der Waals surface area contributed by atoms with Gasteiger partial charge < -0.3 is 10.8 Å². The highest BCUT2D eigenvalue weighted by molar-refractivity contribution is 5.86. The quantitative estimate of drug-likeness (QED) is 0.830. The summed E-state index contributed by atoms with van der Waals surface area (Å²) in [5.74, 6) is -1.06. The number of aromatic nitrogens is 3. The average molecular weight is 260 g/mol. The Labute approximate surface area is 110 Å². The van der Waals surface area contributed by atoms with Crippen LogP contribution >= 0.6 is 0 Å². The second kappa shape index (κ2) is 5.62. The molecule has 2 aromatic rings. The van der Waals surface area contributed by atoms with Crippen LogP contribution in [0.25, 0.3) is 0 Å². The van der Waals surface area contributed by atoms with Crippen LogP contribution in [0.1, 0.15) is 27.3 Å². The zero-order valence-corrected chi connectivity index (χ0v) is 10.7. The number of hydrogen-bond donors (Lipinski definition) is 2. The van der Waals surface area contributed by atoms with E-state index >= 15 is 0 Å². The Morgan fingerprint density at radius 3 is 2.89 bits per heavy atom. The molecule has 0 saturated carbocycles. The lowest BCUT2D eigenvalue weighted by Gasteiger charge is -2.06. The van der Waals surface area contributed by atoms with Crippen LogP contribution in [0.15, 0.2) is 24.3 Å². The number of nitrogens with zero attached hydrogens (tertiary/aromatic N) is 3. The molecule has 0 unspecified atom stereocenters. The number of carbonyl (C=O) groups is 1. The molecule has 0 aliphatic rings. The molecular formula is C13H16N4O2. The number of carboxylic acid groups (broad SMARTS) is 1. The first-order chi connectivity index (χ1) is 9.11. The Morgan fingerprint density at radius 2 is 2.26 bits per heavy atom. The van der Waals surface area contributed by atoms with E-state index in [1.54, 1.807) is 4.68 Å². The molecule has 1 aromatic heterocycles.